The fourth-order valence-electron chi connectivity index (χ4n) is 3.29. The van der Waals surface area contributed by atoms with Gasteiger partial charge in [0.2, 0.25) is 5.95 Å². The molecule has 13 heteroatoms. The number of methoxy groups -OCH3 is 1. The van der Waals surface area contributed by atoms with E-state index in [0.717, 1.165) is 36.7 Å². The van der Waals surface area contributed by atoms with E-state index in [1.807, 2.05) is 0 Å². The van der Waals surface area contributed by atoms with Gasteiger partial charge in [-0.1, -0.05) is 6.08 Å². The van der Waals surface area contributed by atoms with E-state index in [9.17, 15) is 31.0 Å². The number of carbonyl (C=O) groups excluding carboxylic acids is 1. The quantitative estimate of drug-likeness (QED) is 0.226. The summed E-state index contributed by atoms with van der Waals surface area (Å²) in [5.41, 5.74) is 0.268. The van der Waals surface area contributed by atoms with Crippen molar-refractivity contribution in [3.8, 4) is 16.9 Å². The Morgan fingerprint density at radius 3 is 2.54 bits per heavy atom. The van der Waals surface area contributed by atoms with Crippen LogP contribution in [0.25, 0.3) is 11.1 Å². The van der Waals surface area contributed by atoms with Gasteiger partial charge in [-0.05, 0) is 48.9 Å². The van der Waals surface area contributed by atoms with Gasteiger partial charge in [0.15, 0.2) is 0 Å². The third kappa shape index (κ3) is 7.09. The van der Waals surface area contributed by atoms with Crippen LogP contribution in [0.4, 0.5) is 33.6 Å². The highest BCUT2D eigenvalue weighted by Gasteiger charge is 2.36. The van der Waals surface area contributed by atoms with E-state index < -0.39 is 44.9 Å². The molecule has 0 bridgehead atoms. The van der Waals surface area contributed by atoms with Gasteiger partial charge in [0.1, 0.15) is 29.0 Å². The molecule has 0 aliphatic rings. The summed E-state index contributed by atoms with van der Waals surface area (Å²) >= 11 is 0. The van der Waals surface area contributed by atoms with Crippen molar-refractivity contribution >= 4 is 27.3 Å². The van der Waals surface area contributed by atoms with Gasteiger partial charge in [0.05, 0.1) is 28.8 Å². The number of allylic oxidation sites excluding steroid dienone is 1. The standard InChI is InChI=1S/C24H21F5N4O3S/c1-4-7-24(28,29)23(34)33-37(3,35)13-14-8-20(27)31-22(9-14)32-21-11-17(18(26)12-30-21)16-6-5-15(25)10-19(16)36-2/h4-12H,13H2,1-3H3,(H,30,31,32)/b7-4+. The number of ether oxygens (including phenoxy) is 1. The number of carbonyl (C=O) groups is 1. The number of anilines is 2. The third-order valence-corrected chi connectivity index (χ3v) is 6.21. The average Bonchev–Trinajstić information content (AvgIpc) is 2.79. The Labute approximate surface area is 209 Å². The first-order chi connectivity index (χ1) is 17.3. The lowest BCUT2D eigenvalue weighted by atomic mass is 10.0. The number of nitrogens with one attached hydrogen (secondary N) is 1. The van der Waals surface area contributed by atoms with Crippen LogP contribution in [0.15, 0.2) is 59.1 Å². The molecular formula is C24H21F5N4O3S. The first-order valence-electron chi connectivity index (χ1n) is 10.5. The van der Waals surface area contributed by atoms with Crippen LogP contribution in [0.2, 0.25) is 0 Å². The summed E-state index contributed by atoms with van der Waals surface area (Å²) < 4.78 is 90.7. The van der Waals surface area contributed by atoms with Gasteiger partial charge < -0.3 is 10.1 Å². The molecule has 0 saturated heterocycles. The molecule has 0 radical (unpaired) electrons. The maximum atomic E-state index is 14.5. The topological polar surface area (TPSA) is 93.5 Å². The number of rotatable bonds is 8. The molecule has 1 unspecified atom stereocenters. The Hall–Kier alpha value is -3.87. The zero-order valence-electron chi connectivity index (χ0n) is 19.8. The minimum absolute atomic E-state index is 0.00178. The number of nitrogens with zero attached hydrogens (tertiary/aromatic N) is 3. The molecule has 1 N–H and O–H groups in total. The van der Waals surface area contributed by atoms with Crippen molar-refractivity contribution in [1.29, 1.82) is 0 Å². The predicted octanol–water partition coefficient (Wildman–Crippen LogP) is 5.65. The second kappa shape index (κ2) is 11.0. The molecule has 0 aliphatic carbocycles. The van der Waals surface area contributed by atoms with Crippen molar-refractivity contribution in [2.24, 2.45) is 4.36 Å². The maximum absolute atomic E-state index is 14.5. The lowest BCUT2D eigenvalue weighted by molar-refractivity contribution is -0.135. The van der Waals surface area contributed by atoms with Gasteiger partial charge in [-0.25, -0.2) is 23.0 Å². The van der Waals surface area contributed by atoms with Crippen molar-refractivity contribution < 1.29 is 35.7 Å². The van der Waals surface area contributed by atoms with E-state index in [2.05, 4.69) is 19.6 Å². The van der Waals surface area contributed by atoms with Gasteiger partial charge in [0, 0.05) is 23.4 Å². The van der Waals surface area contributed by atoms with Crippen LogP contribution in [0, 0.1) is 17.6 Å². The summed E-state index contributed by atoms with van der Waals surface area (Å²) in [6.07, 6.45) is 3.16. The number of benzene rings is 1. The van der Waals surface area contributed by atoms with Crippen molar-refractivity contribution in [3.63, 3.8) is 0 Å². The van der Waals surface area contributed by atoms with E-state index >= 15 is 0 Å². The van der Waals surface area contributed by atoms with Crippen molar-refractivity contribution in [3.05, 3.63) is 77.9 Å². The summed E-state index contributed by atoms with van der Waals surface area (Å²) in [5, 5.41) is 2.68. The van der Waals surface area contributed by atoms with Crippen molar-refractivity contribution in [2.45, 2.75) is 18.6 Å². The van der Waals surface area contributed by atoms with E-state index in [0.29, 0.717) is 6.08 Å². The van der Waals surface area contributed by atoms with E-state index in [1.54, 1.807) is 0 Å². The highest BCUT2D eigenvalue weighted by atomic mass is 32.2. The zero-order chi connectivity index (χ0) is 27.4. The van der Waals surface area contributed by atoms with Crippen LogP contribution in [0.3, 0.4) is 0 Å². The number of amides is 1. The smallest absolute Gasteiger partial charge is 0.345 e. The minimum Gasteiger partial charge on any atom is -0.496 e. The summed E-state index contributed by atoms with van der Waals surface area (Å²) in [4.78, 5) is 19.3. The normalized spacial score (nSPS) is 13.3. The second-order valence-electron chi connectivity index (χ2n) is 7.83. The molecule has 0 fully saturated rings. The molecule has 7 nitrogen and oxygen atoms in total. The lowest BCUT2D eigenvalue weighted by Crippen LogP contribution is -2.25. The number of hydrogen-bond donors (Lipinski definition) is 1. The van der Waals surface area contributed by atoms with Crippen LogP contribution in [0.1, 0.15) is 12.5 Å². The molecule has 0 saturated carbocycles. The van der Waals surface area contributed by atoms with E-state index in [1.165, 1.54) is 32.2 Å². The van der Waals surface area contributed by atoms with Crippen LogP contribution < -0.4 is 10.1 Å². The van der Waals surface area contributed by atoms with E-state index in [-0.39, 0.29) is 34.1 Å². The maximum Gasteiger partial charge on any atom is 0.345 e. The van der Waals surface area contributed by atoms with Gasteiger partial charge in [0.25, 0.3) is 0 Å². The summed E-state index contributed by atoms with van der Waals surface area (Å²) in [6, 6.07) is 6.94. The number of aromatic nitrogens is 2. The summed E-state index contributed by atoms with van der Waals surface area (Å²) in [6.45, 7) is 1.29. The monoisotopic (exact) mass is 540 g/mol. The second-order valence-corrected chi connectivity index (χ2v) is 10.2. The Kier molecular flexibility index (Phi) is 8.26. The summed E-state index contributed by atoms with van der Waals surface area (Å²) in [7, 11) is -2.23. The van der Waals surface area contributed by atoms with E-state index in [4.69, 9.17) is 4.74 Å². The van der Waals surface area contributed by atoms with Gasteiger partial charge >= 0.3 is 11.8 Å². The molecule has 3 aromatic rings. The number of halogens is 5. The molecule has 1 amide bonds. The molecule has 1 atom stereocenters. The first-order valence-corrected chi connectivity index (χ1v) is 12.6. The van der Waals surface area contributed by atoms with Gasteiger partial charge in [-0.2, -0.15) is 17.5 Å². The minimum atomic E-state index is -3.93. The molecule has 0 spiro atoms. The Morgan fingerprint density at radius 1 is 1.14 bits per heavy atom. The van der Waals surface area contributed by atoms with Crippen LogP contribution >= 0.6 is 0 Å². The molecule has 2 heterocycles. The predicted molar refractivity (Wildman–Crippen MR) is 129 cm³/mol. The van der Waals surface area contributed by atoms with Crippen LogP contribution in [-0.4, -0.2) is 39.4 Å². The van der Waals surface area contributed by atoms with Crippen LogP contribution in [-0.2, 0) is 20.3 Å². The van der Waals surface area contributed by atoms with Crippen LogP contribution in [0.5, 0.6) is 5.75 Å². The van der Waals surface area contributed by atoms with Crippen molar-refractivity contribution in [2.75, 3.05) is 18.7 Å². The number of pyridine rings is 2. The highest BCUT2D eigenvalue weighted by Crippen LogP contribution is 2.34. The fraction of sp³-hybridized carbons (Fsp3) is 0.208. The molecular weight excluding hydrogens is 519 g/mol. The highest BCUT2D eigenvalue weighted by molar-refractivity contribution is 7.92. The number of hydrogen-bond acceptors (Lipinski definition) is 6. The van der Waals surface area contributed by atoms with Crippen molar-refractivity contribution in [1.82, 2.24) is 9.97 Å². The molecule has 37 heavy (non-hydrogen) atoms. The molecule has 1 aromatic carbocycles. The fourth-order valence-corrected chi connectivity index (χ4v) is 4.61. The lowest BCUT2D eigenvalue weighted by Gasteiger charge is -2.12. The molecule has 0 aliphatic heterocycles. The van der Waals surface area contributed by atoms with Gasteiger partial charge in [-0.3, -0.25) is 4.79 Å². The SMILES string of the molecule is C/C=C/C(F)(F)C(=O)N=S(C)(=O)Cc1cc(F)nc(Nc2cc(-c3ccc(F)cc3OC)c(F)cn2)c1. The Morgan fingerprint density at radius 2 is 1.86 bits per heavy atom. The third-order valence-electron chi connectivity index (χ3n) is 4.79. The average molecular weight is 541 g/mol. The Bertz CT molecular complexity index is 1490. The molecule has 3 rings (SSSR count). The first kappa shape index (κ1) is 27.7. The van der Waals surface area contributed by atoms with Gasteiger partial charge in [-0.15, -0.1) is 0 Å². The number of alkyl halides is 2. The Balaban J connectivity index is 1.91. The zero-order valence-corrected chi connectivity index (χ0v) is 20.6. The summed E-state index contributed by atoms with van der Waals surface area (Å²) in [5.74, 6) is -8.73. The largest absolute Gasteiger partial charge is 0.496 e. The molecule has 196 valence electrons. The molecule has 2 aromatic heterocycles.